The molecule has 3 N–H and O–H groups in total. The normalized spacial score (nSPS) is 38.4. The van der Waals surface area contributed by atoms with Crippen LogP contribution in [-0.4, -0.2) is 20.9 Å². The minimum Gasteiger partial charge on any atom is -0.476 e. The van der Waals surface area contributed by atoms with Gasteiger partial charge in [-0.25, -0.2) is 4.79 Å². The molecule has 5 nitrogen and oxygen atoms in total. The van der Waals surface area contributed by atoms with Crippen molar-refractivity contribution in [3.63, 3.8) is 0 Å². The first-order valence-corrected chi connectivity index (χ1v) is 7.60. The van der Waals surface area contributed by atoms with Gasteiger partial charge in [-0.3, -0.25) is 4.68 Å². The van der Waals surface area contributed by atoms with Gasteiger partial charge in [0.1, 0.15) is 0 Å². The summed E-state index contributed by atoms with van der Waals surface area (Å²) in [6, 6.07) is 0. The number of aryl methyl sites for hydroxylation is 1. The van der Waals surface area contributed by atoms with Gasteiger partial charge in [0.25, 0.3) is 0 Å². The van der Waals surface area contributed by atoms with Gasteiger partial charge in [-0.05, 0) is 55.8 Å². The number of anilines is 1. The average molecular weight is 275 g/mol. The lowest BCUT2D eigenvalue weighted by Crippen LogP contribution is -2.44. The van der Waals surface area contributed by atoms with Crippen LogP contribution >= 0.6 is 0 Å². The van der Waals surface area contributed by atoms with Crippen LogP contribution < -0.4 is 5.73 Å². The lowest BCUT2D eigenvalue weighted by Gasteiger charge is -2.54. The Labute approximate surface area is 118 Å². The van der Waals surface area contributed by atoms with Crippen LogP contribution in [0.5, 0.6) is 0 Å². The molecule has 0 unspecified atom stereocenters. The van der Waals surface area contributed by atoms with E-state index in [0.717, 1.165) is 17.5 Å². The highest BCUT2D eigenvalue weighted by Gasteiger charge is 2.50. The third-order valence-corrected chi connectivity index (χ3v) is 5.87. The molecule has 1 aromatic rings. The minimum atomic E-state index is -1.02. The molecule has 0 saturated heterocycles. The largest absolute Gasteiger partial charge is 0.476 e. The summed E-state index contributed by atoms with van der Waals surface area (Å²) < 4.78 is 1.73. The maximum Gasteiger partial charge on any atom is 0.358 e. The Hall–Kier alpha value is -1.52. The van der Waals surface area contributed by atoms with Crippen molar-refractivity contribution in [3.8, 4) is 0 Å². The molecule has 0 aromatic carbocycles. The summed E-state index contributed by atoms with van der Waals surface area (Å²) >= 11 is 0. The van der Waals surface area contributed by atoms with E-state index in [1.165, 1.54) is 32.1 Å². The molecule has 0 spiro atoms. The summed E-state index contributed by atoms with van der Waals surface area (Å²) in [4.78, 5) is 11.2. The van der Waals surface area contributed by atoms with Crippen LogP contribution in [0.25, 0.3) is 0 Å². The monoisotopic (exact) mass is 275 g/mol. The molecule has 4 aliphatic carbocycles. The van der Waals surface area contributed by atoms with Crippen LogP contribution in [0.15, 0.2) is 0 Å². The van der Waals surface area contributed by atoms with Gasteiger partial charge in [0, 0.05) is 13.0 Å². The van der Waals surface area contributed by atoms with E-state index in [1.54, 1.807) is 4.68 Å². The Morgan fingerprint density at radius 2 is 1.75 bits per heavy atom. The highest BCUT2D eigenvalue weighted by atomic mass is 16.4. The summed E-state index contributed by atoms with van der Waals surface area (Å²) in [5.41, 5.74) is 7.53. The van der Waals surface area contributed by atoms with Crippen LogP contribution in [0, 0.1) is 23.7 Å². The fourth-order valence-corrected chi connectivity index (χ4v) is 5.48. The summed E-state index contributed by atoms with van der Waals surface area (Å²) in [6.45, 7) is 0. The Bertz CT molecular complexity index is 550. The van der Waals surface area contributed by atoms with E-state index in [0.29, 0.717) is 23.4 Å². The maximum absolute atomic E-state index is 11.2. The molecule has 4 bridgehead atoms. The molecule has 4 saturated carbocycles. The SMILES string of the molecule is Cn1nc(C(=O)O)c(N)c1C1C2CC3CC(C2)CC1C3. The first-order chi connectivity index (χ1) is 9.54. The standard InChI is InChI=1S/C15H21N3O2/c1-18-14(12(16)13(17-18)15(19)20)11-9-3-7-2-8(5-9)6-10(11)4-7/h7-11H,2-6,16H2,1H3,(H,19,20). The summed E-state index contributed by atoms with van der Waals surface area (Å²) in [5.74, 6) is 2.59. The van der Waals surface area contributed by atoms with Gasteiger partial charge >= 0.3 is 5.97 Å². The Kier molecular flexibility index (Phi) is 2.44. The van der Waals surface area contributed by atoms with E-state index in [2.05, 4.69) is 5.10 Å². The molecule has 4 fully saturated rings. The van der Waals surface area contributed by atoms with E-state index in [-0.39, 0.29) is 5.69 Å². The Balaban J connectivity index is 1.76. The molecular formula is C15H21N3O2. The number of carboxylic acids is 1. The molecule has 20 heavy (non-hydrogen) atoms. The number of carbonyl (C=O) groups is 1. The van der Waals surface area contributed by atoms with Gasteiger partial charge in [-0.15, -0.1) is 0 Å². The summed E-state index contributed by atoms with van der Waals surface area (Å²) in [5, 5.41) is 13.3. The molecule has 0 aliphatic heterocycles. The second-order valence-corrected chi connectivity index (χ2v) is 7.03. The van der Waals surface area contributed by atoms with Crippen molar-refractivity contribution in [3.05, 3.63) is 11.4 Å². The molecule has 0 atom stereocenters. The minimum absolute atomic E-state index is 0.0244. The summed E-state index contributed by atoms with van der Waals surface area (Å²) in [7, 11) is 1.84. The van der Waals surface area contributed by atoms with Crippen LogP contribution in [0.1, 0.15) is 54.2 Å². The number of nitrogens with two attached hydrogens (primary N) is 1. The van der Waals surface area contributed by atoms with Crippen molar-refractivity contribution in [1.29, 1.82) is 0 Å². The average Bonchev–Trinajstić information content (AvgIpc) is 2.65. The fourth-order valence-electron chi connectivity index (χ4n) is 5.48. The highest BCUT2D eigenvalue weighted by molar-refractivity contribution is 5.92. The number of rotatable bonds is 2. The lowest BCUT2D eigenvalue weighted by atomic mass is 9.51. The Morgan fingerprint density at radius 3 is 2.20 bits per heavy atom. The second-order valence-electron chi connectivity index (χ2n) is 7.03. The molecule has 0 radical (unpaired) electrons. The smallest absolute Gasteiger partial charge is 0.358 e. The van der Waals surface area contributed by atoms with Crippen molar-refractivity contribution in [1.82, 2.24) is 9.78 Å². The van der Waals surface area contributed by atoms with Gasteiger partial charge in [0.2, 0.25) is 0 Å². The van der Waals surface area contributed by atoms with Crippen molar-refractivity contribution in [2.45, 2.75) is 38.0 Å². The number of nitrogens with zero attached hydrogens (tertiary/aromatic N) is 2. The van der Waals surface area contributed by atoms with E-state index in [1.807, 2.05) is 7.05 Å². The molecule has 5 heteroatoms. The van der Waals surface area contributed by atoms with Gasteiger partial charge in [-0.2, -0.15) is 5.10 Å². The highest BCUT2D eigenvalue weighted by Crippen LogP contribution is 2.60. The molecule has 108 valence electrons. The predicted octanol–water partition coefficient (Wildman–Crippen LogP) is 2.24. The van der Waals surface area contributed by atoms with E-state index >= 15 is 0 Å². The number of hydrogen-bond donors (Lipinski definition) is 2. The molecule has 1 heterocycles. The Morgan fingerprint density at radius 1 is 1.20 bits per heavy atom. The first kappa shape index (κ1) is 12.2. The lowest BCUT2D eigenvalue weighted by molar-refractivity contribution is -0.00509. The van der Waals surface area contributed by atoms with Gasteiger partial charge in [-0.1, -0.05) is 0 Å². The number of aromatic nitrogens is 2. The van der Waals surface area contributed by atoms with Crippen molar-refractivity contribution in [2.75, 3.05) is 5.73 Å². The number of aromatic carboxylic acids is 1. The van der Waals surface area contributed by atoms with Crippen LogP contribution in [0.2, 0.25) is 0 Å². The number of carboxylic acid groups (broad SMARTS) is 1. The molecular weight excluding hydrogens is 254 g/mol. The van der Waals surface area contributed by atoms with E-state index < -0.39 is 5.97 Å². The number of nitrogen functional groups attached to an aromatic ring is 1. The third kappa shape index (κ3) is 1.55. The van der Waals surface area contributed by atoms with E-state index in [9.17, 15) is 9.90 Å². The van der Waals surface area contributed by atoms with Crippen LogP contribution in [0.3, 0.4) is 0 Å². The van der Waals surface area contributed by atoms with Gasteiger partial charge in [0.05, 0.1) is 11.4 Å². The third-order valence-electron chi connectivity index (χ3n) is 5.87. The van der Waals surface area contributed by atoms with Crippen molar-refractivity contribution >= 4 is 11.7 Å². The van der Waals surface area contributed by atoms with Crippen molar-refractivity contribution < 1.29 is 9.90 Å². The second kappa shape index (κ2) is 3.99. The van der Waals surface area contributed by atoms with Crippen molar-refractivity contribution in [2.24, 2.45) is 30.7 Å². The van der Waals surface area contributed by atoms with Gasteiger partial charge < -0.3 is 10.8 Å². The zero-order chi connectivity index (χ0) is 14.0. The topological polar surface area (TPSA) is 81.1 Å². The molecule has 4 aliphatic rings. The van der Waals surface area contributed by atoms with E-state index in [4.69, 9.17) is 5.73 Å². The summed E-state index contributed by atoms with van der Waals surface area (Å²) in [6.07, 6.45) is 6.60. The first-order valence-electron chi connectivity index (χ1n) is 7.60. The van der Waals surface area contributed by atoms with Gasteiger partial charge in [0.15, 0.2) is 5.69 Å². The molecule has 1 aromatic heterocycles. The van der Waals surface area contributed by atoms with Crippen LogP contribution in [0.4, 0.5) is 5.69 Å². The quantitative estimate of drug-likeness (QED) is 0.867. The zero-order valence-corrected chi connectivity index (χ0v) is 11.7. The van der Waals surface area contributed by atoms with Crippen LogP contribution in [-0.2, 0) is 7.05 Å². The predicted molar refractivity (Wildman–Crippen MR) is 74.4 cm³/mol. The fraction of sp³-hybridized carbons (Fsp3) is 0.733. The molecule has 5 rings (SSSR count). The zero-order valence-electron chi connectivity index (χ0n) is 11.7. The number of hydrogen-bond acceptors (Lipinski definition) is 3. The maximum atomic E-state index is 11.2. The molecule has 0 amide bonds.